The van der Waals surface area contributed by atoms with Gasteiger partial charge < -0.3 is 16.6 Å². The smallest absolute Gasteiger partial charge is 0.407 e. The van der Waals surface area contributed by atoms with Crippen molar-refractivity contribution in [1.29, 1.82) is 0 Å². The fourth-order valence-corrected chi connectivity index (χ4v) is 1.28. The fourth-order valence-electron chi connectivity index (χ4n) is 1.28. The highest BCUT2D eigenvalue weighted by Crippen LogP contribution is 2.39. The van der Waals surface area contributed by atoms with Gasteiger partial charge in [0, 0.05) is 5.56 Å². The van der Waals surface area contributed by atoms with Gasteiger partial charge in [0.2, 0.25) is 0 Å². The van der Waals surface area contributed by atoms with Crippen LogP contribution in [0.15, 0.2) is 12.1 Å². The lowest BCUT2D eigenvalue weighted by Gasteiger charge is -2.19. The van der Waals surface area contributed by atoms with Crippen molar-refractivity contribution in [2.75, 3.05) is 5.73 Å². The van der Waals surface area contributed by atoms with Gasteiger partial charge in [-0.15, -0.1) is 12.4 Å². The van der Waals surface area contributed by atoms with E-state index in [4.69, 9.17) is 11.5 Å². The van der Waals surface area contributed by atoms with E-state index in [1.807, 2.05) is 0 Å². The Morgan fingerprint density at radius 1 is 1.31 bits per heavy atom. The molecule has 0 aliphatic carbocycles. The first kappa shape index (κ1) is 14.9. The van der Waals surface area contributed by atoms with Gasteiger partial charge in [-0.1, -0.05) is 6.07 Å². The third-order valence-corrected chi connectivity index (χ3v) is 2.13. The number of aryl methyl sites for hydroxylation is 1. The monoisotopic (exact) mass is 256 g/mol. The van der Waals surface area contributed by atoms with Crippen LogP contribution in [0.1, 0.15) is 17.2 Å². The van der Waals surface area contributed by atoms with Gasteiger partial charge in [-0.05, 0) is 18.6 Å². The highest BCUT2D eigenvalue weighted by Gasteiger charge is 2.40. The Hall–Kier alpha value is -1.14. The summed E-state index contributed by atoms with van der Waals surface area (Å²) in [5, 5.41) is 9.41. The van der Waals surface area contributed by atoms with Crippen LogP contribution in [-0.2, 0) is 0 Å². The lowest BCUT2D eigenvalue weighted by atomic mass is 9.99. The Morgan fingerprint density at radius 3 is 2.25 bits per heavy atom. The van der Waals surface area contributed by atoms with Gasteiger partial charge in [0.05, 0.1) is 5.69 Å². The molecule has 0 heterocycles. The maximum Gasteiger partial charge on any atom is 0.407 e. The van der Waals surface area contributed by atoms with Crippen molar-refractivity contribution < 1.29 is 18.3 Å². The van der Waals surface area contributed by atoms with Crippen LogP contribution in [0.4, 0.5) is 18.9 Å². The second-order valence-corrected chi connectivity index (χ2v) is 3.25. The molecule has 0 saturated heterocycles. The maximum atomic E-state index is 12.3. The van der Waals surface area contributed by atoms with Crippen molar-refractivity contribution in [3.63, 3.8) is 0 Å². The molecule has 0 amide bonds. The third-order valence-electron chi connectivity index (χ3n) is 2.13. The van der Waals surface area contributed by atoms with Gasteiger partial charge in [-0.3, -0.25) is 0 Å². The summed E-state index contributed by atoms with van der Waals surface area (Å²) in [5.41, 5.74) is 10.1. The van der Waals surface area contributed by atoms with Gasteiger partial charge >= 0.3 is 6.18 Å². The highest BCUT2D eigenvalue weighted by atomic mass is 35.5. The number of nitrogen functional groups attached to an aromatic ring is 1. The predicted molar refractivity (Wildman–Crippen MR) is 57.5 cm³/mol. The van der Waals surface area contributed by atoms with Crippen LogP contribution in [0.2, 0.25) is 0 Å². The lowest BCUT2D eigenvalue weighted by Crippen LogP contribution is -2.29. The molecule has 1 rings (SSSR count). The molecule has 0 fully saturated rings. The zero-order valence-corrected chi connectivity index (χ0v) is 9.19. The SMILES string of the molecule is Cc1ccc(N)c(O)c1[C@H](N)C(F)(F)F.Cl. The standard InChI is InChI=1S/C9H11F3N2O.ClH/c1-4-2-3-5(13)7(15)6(4)8(14)9(10,11)12;/h2-3,8,15H,13-14H2,1H3;1H/t8-;/m0./s1. The van der Waals surface area contributed by atoms with E-state index in [2.05, 4.69) is 0 Å². The molecule has 0 aliphatic heterocycles. The number of benzene rings is 1. The van der Waals surface area contributed by atoms with Gasteiger partial charge in [-0.2, -0.15) is 13.2 Å². The number of anilines is 1. The van der Waals surface area contributed by atoms with E-state index in [0.29, 0.717) is 0 Å². The number of rotatable bonds is 1. The van der Waals surface area contributed by atoms with Crippen molar-refractivity contribution in [3.05, 3.63) is 23.3 Å². The molecule has 0 unspecified atom stereocenters. The first-order valence-electron chi connectivity index (χ1n) is 4.15. The zero-order valence-electron chi connectivity index (χ0n) is 8.38. The number of halogens is 4. The van der Waals surface area contributed by atoms with Crippen LogP contribution < -0.4 is 11.5 Å². The Morgan fingerprint density at radius 2 is 1.81 bits per heavy atom. The third kappa shape index (κ3) is 2.70. The molecule has 0 bridgehead atoms. The summed E-state index contributed by atoms with van der Waals surface area (Å²) in [5.74, 6) is -0.597. The van der Waals surface area contributed by atoms with Crippen LogP contribution in [0.3, 0.4) is 0 Å². The van der Waals surface area contributed by atoms with E-state index in [0.717, 1.165) is 0 Å². The number of alkyl halides is 3. The average Bonchev–Trinajstić information content (AvgIpc) is 2.10. The van der Waals surface area contributed by atoms with Crippen LogP contribution >= 0.6 is 12.4 Å². The summed E-state index contributed by atoms with van der Waals surface area (Å²) in [7, 11) is 0. The van der Waals surface area contributed by atoms with E-state index in [9.17, 15) is 18.3 Å². The van der Waals surface area contributed by atoms with E-state index in [1.165, 1.54) is 19.1 Å². The van der Waals surface area contributed by atoms with Crippen molar-refractivity contribution >= 4 is 18.1 Å². The molecule has 1 aromatic carbocycles. The molecule has 5 N–H and O–H groups in total. The van der Waals surface area contributed by atoms with Crippen LogP contribution in [0.25, 0.3) is 0 Å². The van der Waals surface area contributed by atoms with Crippen molar-refractivity contribution in [2.45, 2.75) is 19.1 Å². The van der Waals surface area contributed by atoms with Gasteiger partial charge in [0.25, 0.3) is 0 Å². The number of nitrogens with two attached hydrogens (primary N) is 2. The molecular formula is C9H12ClF3N2O. The Balaban J connectivity index is 0.00000225. The summed E-state index contributed by atoms with van der Waals surface area (Å²) >= 11 is 0. The molecule has 1 atom stereocenters. The second-order valence-electron chi connectivity index (χ2n) is 3.25. The number of hydrogen-bond acceptors (Lipinski definition) is 3. The normalized spacial score (nSPS) is 13.1. The lowest BCUT2D eigenvalue weighted by molar-refractivity contribution is -0.149. The minimum absolute atomic E-state index is 0. The van der Waals surface area contributed by atoms with Crippen molar-refractivity contribution in [1.82, 2.24) is 0 Å². The predicted octanol–water partition coefficient (Wildman–Crippen LogP) is 2.27. The Labute approximate surface area is 96.6 Å². The van der Waals surface area contributed by atoms with E-state index < -0.39 is 18.0 Å². The largest absolute Gasteiger partial charge is 0.505 e. The average molecular weight is 257 g/mol. The van der Waals surface area contributed by atoms with Crippen LogP contribution in [0.5, 0.6) is 5.75 Å². The first-order valence-corrected chi connectivity index (χ1v) is 4.15. The zero-order chi connectivity index (χ0) is 11.8. The molecular weight excluding hydrogens is 245 g/mol. The molecule has 7 heteroatoms. The van der Waals surface area contributed by atoms with E-state index >= 15 is 0 Å². The topological polar surface area (TPSA) is 72.3 Å². The first-order chi connectivity index (χ1) is 6.75. The summed E-state index contributed by atoms with van der Waals surface area (Å²) in [4.78, 5) is 0. The molecule has 0 spiro atoms. The number of aromatic hydroxyl groups is 1. The number of hydrogen-bond donors (Lipinski definition) is 3. The van der Waals surface area contributed by atoms with Crippen LogP contribution in [0, 0.1) is 6.92 Å². The molecule has 1 aromatic rings. The molecule has 92 valence electrons. The Bertz CT molecular complexity index is 382. The molecule has 0 aromatic heterocycles. The summed E-state index contributed by atoms with van der Waals surface area (Å²) in [6, 6.07) is 0.494. The van der Waals surface area contributed by atoms with Crippen molar-refractivity contribution in [2.24, 2.45) is 5.73 Å². The molecule has 16 heavy (non-hydrogen) atoms. The van der Waals surface area contributed by atoms with E-state index in [1.54, 1.807) is 0 Å². The fraction of sp³-hybridized carbons (Fsp3) is 0.333. The summed E-state index contributed by atoms with van der Waals surface area (Å²) in [6.45, 7) is 1.43. The Kier molecular flexibility index (Phi) is 4.45. The maximum absolute atomic E-state index is 12.3. The highest BCUT2D eigenvalue weighted by molar-refractivity contribution is 5.85. The quantitative estimate of drug-likeness (QED) is 0.533. The minimum atomic E-state index is -4.60. The van der Waals surface area contributed by atoms with Gasteiger partial charge in [0.1, 0.15) is 11.8 Å². The number of phenols is 1. The molecule has 0 aliphatic rings. The molecule has 0 saturated carbocycles. The van der Waals surface area contributed by atoms with Gasteiger partial charge in [0.15, 0.2) is 0 Å². The molecule has 0 radical (unpaired) electrons. The van der Waals surface area contributed by atoms with Crippen molar-refractivity contribution in [3.8, 4) is 5.75 Å². The summed E-state index contributed by atoms with van der Waals surface area (Å²) < 4.78 is 37.0. The minimum Gasteiger partial charge on any atom is -0.505 e. The summed E-state index contributed by atoms with van der Waals surface area (Å²) in [6.07, 6.45) is -4.60. The molecule has 3 nitrogen and oxygen atoms in total. The second kappa shape index (κ2) is 4.80. The van der Waals surface area contributed by atoms with Gasteiger partial charge in [-0.25, -0.2) is 0 Å². The number of phenolic OH excluding ortho intramolecular Hbond substituents is 1. The van der Waals surface area contributed by atoms with Crippen LogP contribution in [-0.4, -0.2) is 11.3 Å². The van der Waals surface area contributed by atoms with E-state index in [-0.39, 0.29) is 29.2 Å².